The van der Waals surface area contributed by atoms with Gasteiger partial charge in [0.2, 0.25) is 0 Å². The van der Waals surface area contributed by atoms with Crippen LogP contribution in [0.5, 0.6) is 5.75 Å². The van der Waals surface area contributed by atoms with Crippen LogP contribution in [0.15, 0.2) is 12.1 Å². The summed E-state index contributed by atoms with van der Waals surface area (Å²) in [7, 11) is 1.56. The van der Waals surface area contributed by atoms with Crippen molar-refractivity contribution in [3.63, 3.8) is 0 Å². The van der Waals surface area contributed by atoms with Crippen LogP contribution in [0.3, 0.4) is 0 Å². The summed E-state index contributed by atoms with van der Waals surface area (Å²) in [5.41, 5.74) is 5.71. The average Bonchev–Trinajstić information content (AvgIpc) is 2.30. The fourth-order valence-electron chi connectivity index (χ4n) is 1.39. The van der Waals surface area contributed by atoms with E-state index in [1.807, 2.05) is 0 Å². The first-order valence-electron chi connectivity index (χ1n) is 5.42. The van der Waals surface area contributed by atoms with Crippen molar-refractivity contribution in [2.24, 2.45) is 5.73 Å². The number of halogens is 2. The van der Waals surface area contributed by atoms with E-state index in [0.717, 1.165) is 0 Å². The Hall–Kier alpha value is -1.20. The normalized spacial score (nSPS) is 12.5. The summed E-state index contributed by atoms with van der Waals surface area (Å²) >= 11 is 0. The first-order valence-corrected chi connectivity index (χ1v) is 5.42. The molecule has 2 N–H and O–H groups in total. The number of nitrogens with two attached hydrogens (primary N) is 1. The summed E-state index contributed by atoms with van der Waals surface area (Å²) in [5, 5.41) is 0. The Labute approximate surface area is 99.5 Å². The average molecular weight is 245 g/mol. The zero-order valence-electron chi connectivity index (χ0n) is 10.0. The summed E-state index contributed by atoms with van der Waals surface area (Å²) in [6, 6.07) is 2.36. The Morgan fingerprint density at radius 1 is 1.29 bits per heavy atom. The summed E-state index contributed by atoms with van der Waals surface area (Å²) in [4.78, 5) is 0. The Kier molecular flexibility index (Phi) is 5.31. The lowest BCUT2D eigenvalue weighted by Gasteiger charge is -2.15. The molecule has 0 bridgehead atoms. The Morgan fingerprint density at radius 2 is 1.88 bits per heavy atom. The minimum absolute atomic E-state index is 0.0906. The van der Waals surface area contributed by atoms with Gasteiger partial charge in [-0.1, -0.05) is 0 Å². The molecule has 17 heavy (non-hydrogen) atoms. The molecule has 0 aliphatic rings. The molecular formula is C12H17F2NO2. The van der Waals surface area contributed by atoms with Crippen LogP contribution in [0.1, 0.15) is 18.9 Å². The molecule has 0 saturated heterocycles. The molecule has 1 aromatic carbocycles. The second kappa shape index (κ2) is 6.51. The highest BCUT2D eigenvalue weighted by atomic mass is 19.1. The van der Waals surface area contributed by atoms with Crippen LogP contribution in [0.4, 0.5) is 8.78 Å². The van der Waals surface area contributed by atoms with Crippen molar-refractivity contribution in [2.75, 3.05) is 13.7 Å². The predicted octanol–water partition coefficient (Wildman–Crippen LogP) is 2.23. The van der Waals surface area contributed by atoms with E-state index < -0.39 is 11.6 Å². The van der Waals surface area contributed by atoms with Crippen LogP contribution in [0.2, 0.25) is 0 Å². The van der Waals surface area contributed by atoms with Gasteiger partial charge in [-0.2, -0.15) is 0 Å². The van der Waals surface area contributed by atoms with E-state index in [0.29, 0.717) is 18.6 Å². The number of hydrogen-bond acceptors (Lipinski definition) is 3. The first kappa shape index (κ1) is 13.9. The highest BCUT2D eigenvalue weighted by Crippen LogP contribution is 2.24. The van der Waals surface area contributed by atoms with Crippen molar-refractivity contribution in [1.82, 2.24) is 0 Å². The quantitative estimate of drug-likeness (QED) is 0.835. The molecule has 0 aromatic heterocycles. The van der Waals surface area contributed by atoms with Crippen LogP contribution in [-0.2, 0) is 11.3 Å². The number of ether oxygens (including phenoxy) is 2. The molecule has 0 amide bonds. The molecule has 1 aromatic rings. The van der Waals surface area contributed by atoms with Crippen LogP contribution < -0.4 is 10.5 Å². The maximum Gasteiger partial charge on any atom is 0.191 e. The van der Waals surface area contributed by atoms with Gasteiger partial charge in [0.05, 0.1) is 6.10 Å². The van der Waals surface area contributed by atoms with E-state index in [2.05, 4.69) is 0 Å². The predicted molar refractivity (Wildman–Crippen MR) is 60.8 cm³/mol. The fraction of sp³-hybridized carbons (Fsp3) is 0.500. The fourth-order valence-corrected chi connectivity index (χ4v) is 1.39. The van der Waals surface area contributed by atoms with Crippen molar-refractivity contribution in [2.45, 2.75) is 26.0 Å². The van der Waals surface area contributed by atoms with Crippen molar-refractivity contribution >= 4 is 0 Å². The molecule has 5 heteroatoms. The SMILES string of the molecule is COCCC(C)Oc1c(F)cc(CN)cc1F. The number of methoxy groups -OCH3 is 1. The standard InChI is InChI=1S/C12H17F2NO2/c1-8(3-4-16-2)17-12-10(13)5-9(7-15)6-11(12)14/h5-6,8H,3-4,7,15H2,1-2H3. The number of rotatable bonds is 6. The molecule has 0 spiro atoms. The molecule has 0 saturated carbocycles. The van der Waals surface area contributed by atoms with Crippen LogP contribution in [-0.4, -0.2) is 19.8 Å². The zero-order chi connectivity index (χ0) is 12.8. The van der Waals surface area contributed by atoms with Crippen molar-refractivity contribution < 1.29 is 18.3 Å². The van der Waals surface area contributed by atoms with Gasteiger partial charge in [-0.25, -0.2) is 8.78 Å². The van der Waals surface area contributed by atoms with E-state index in [-0.39, 0.29) is 18.4 Å². The highest BCUT2D eigenvalue weighted by molar-refractivity contribution is 5.31. The molecule has 1 unspecified atom stereocenters. The third kappa shape index (κ3) is 3.94. The lowest BCUT2D eigenvalue weighted by atomic mass is 10.2. The largest absolute Gasteiger partial charge is 0.485 e. The van der Waals surface area contributed by atoms with Crippen LogP contribution in [0.25, 0.3) is 0 Å². The first-order chi connectivity index (χ1) is 8.08. The molecular weight excluding hydrogens is 228 g/mol. The molecule has 96 valence electrons. The molecule has 0 fully saturated rings. The molecule has 0 radical (unpaired) electrons. The van der Waals surface area contributed by atoms with E-state index in [1.165, 1.54) is 12.1 Å². The van der Waals surface area contributed by atoms with Gasteiger partial charge in [-0.15, -0.1) is 0 Å². The second-order valence-electron chi connectivity index (χ2n) is 3.80. The minimum atomic E-state index is -0.727. The third-order valence-electron chi connectivity index (χ3n) is 2.34. The van der Waals surface area contributed by atoms with Crippen LogP contribution in [0, 0.1) is 11.6 Å². The van der Waals surface area contributed by atoms with Crippen molar-refractivity contribution in [3.05, 3.63) is 29.3 Å². The molecule has 0 aliphatic carbocycles. The second-order valence-corrected chi connectivity index (χ2v) is 3.80. The van der Waals surface area contributed by atoms with Crippen molar-refractivity contribution in [3.8, 4) is 5.75 Å². The van der Waals surface area contributed by atoms with Crippen molar-refractivity contribution in [1.29, 1.82) is 0 Å². The topological polar surface area (TPSA) is 44.5 Å². The molecule has 1 rings (SSSR count). The summed E-state index contributed by atoms with van der Waals surface area (Å²) in [6.07, 6.45) is 0.247. The summed E-state index contributed by atoms with van der Waals surface area (Å²) in [5.74, 6) is -1.81. The number of benzene rings is 1. The zero-order valence-corrected chi connectivity index (χ0v) is 10.0. The third-order valence-corrected chi connectivity index (χ3v) is 2.34. The van der Waals surface area contributed by atoms with Gasteiger partial charge >= 0.3 is 0 Å². The van der Waals surface area contributed by atoms with Gasteiger partial charge < -0.3 is 15.2 Å². The Bertz CT molecular complexity index is 349. The van der Waals surface area contributed by atoms with E-state index in [4.69, 9.17) is 15.2 Å². The van der Waals surface area contributed by atoms with E-state index in [1.54, 1.807) is 14.0 Å². The van der Waals surface area contributed by atoms with Gasteiger partial charge in [0.1, 0.15) is 0 Å². The smallest absolute Gasteiger partial charge is 0.191 e. The summed E-state index contributed by atoms with van der Waals surface area (Å²) in [6.45, 7) is 2.30. The Balaban J connectivity index is 2.77. The van der Waals surface area contributed by atoms with Gasteiger partial charge in [0.15, 0.2) is 17.4 Å². The molecule has 0 heterocycles. The highest BCUT2D eigenvalue weighted by Gasteiger charge is 2.15. The summed E-state index contributed by atoms with van der Waals surface area (Å²) < 4.78 is 37.1. The minimum Gasteiger partial charge on any atom is -0.485 e. The monoisotopic (exact) mass is 245 g/mol. The maximum atomic E-state index is 13.5. The van der Waals surface area contributed by atoms with Gasteiger partial charge in [-0.3, -0.25) is 0 Å². The van der Waals surface area contributed by atoms with E-state index in [9.17, 15) is 8.78 Å². The molecule has 1 atom stereocenters. The lowest BCUT2D eigenvalue weighted by molar-refractivity contribution is 0.128. The maximum absolute atomic E-state index is 13.5. The van der Waals surface area contributed by atoms with Gasteiger partial charge in [0, 0.05) is 26.7 Å². The van der Waals surface area contributed by atoms with Gasteiger partial charge in [0.25, 0.3) is 0 Å². The van der Waals surface area contributed by atoms with Crippen LogP contribution >= 0.6 is 0 Å². The van der Waals surface area contributed by atoms with Gasteiger partial charge in [-0.05, 0) is 24.6 Å². The molecule has 0 aliphatic heterocycles. The van der Waals surface area contributed by atoms with E-state index >= 15 is 0 Å². The molecule has 3 nitrogen and oxygen atoms in total. The Morgan fingerprint density at radius 3 is 2.35 bits per heavy atom. The lowest BCUT2D eigenvalue weighted by Crippen LogP contribution is -2.16. The number of hydrogen-bond donors (Lipinski definition) is 1.